The predicted molar refractivity (Wildman–Crippen MR) is 83.9 cm³/mol. The maximum atomic E-state index is 12.0. The average molecular weight is 294 g/mol. The molecule has 5 heteroatoms. The van der Waals surface area contributed by atoms with Gasteiger partial charge < -0.3 is 10.1 Å². The van der Waals surface area contributed by atoms with Gasteiger partial charge in [0.15, 0.2) is 0 Å². The molecule has 2 rings (SSSR count). The van der Waals surface area contributed by atoms with Crippen molar-refractivity contribution >= 4 is 23.4 Å². The molecule has 1 unspecified atom stereocenters. The van der Waals surface area contributed by atoms with Crippen molar-refractivity contribution in [2.24, 2.45) is 0 Å². The molecule has 1 aromatic rings. The van der Waals surface area contributed by atoms with Gasteiger partial charge in [-0.15, -0.1) is 0 Å². The van der Waals surface area contributed by atoms with Gasteiger partial charge in [0.1, 0.15) is 4.91 Å². The molecule has 0 aliphatic carbocycles. The smallest absolute Gasteiger partial charge is 0.347 e. The van der Waals surface area contributed by atoms with Crippen LogP contribution in [-0.4, -0.2) is 22.4 Å². The number of thioether (sulfide) groups is 1. The van der Waals surface area contributed by atoms with Crippen LogP contribution >= 0.6 is 11.8 Å². The lowest BCUT2D eigenvalue weighted by molar-refractivity contribution is -0.141. The van der Waals surface area contributed by atoms with Crippen LogP contribution in [-0.2, 0) is 9.53 Å². The van der Waals surface area contributed by atoms with E-state index in [9.17, 15) is 4.79 Å². The molecule has 2 heterocycles. The Morgan fingerprint density at radius 3 is 2.65 bits per heavy atom. The van der Waals surface area contributed by atoms with Crippen molar-refractivity contribution in [2.75, 3.05) is 0 Å². The van der Waals surface area contributed by atoms with Gasteiger partial charge in [0.25, 0.3) is 0 Å². The van der Waals surface area contributed by atoms with E-state index in [1.807, 2.05) is 52.8 Å². The van der Waals surface area contributed by atoms with E-state index in [2.05, 4.69) is 10.3 Å². The minimum absolute atomic E-state index is 0.119. The standard InChI is InChI=1S/C13H16N2O2S.C2H6/c1-8(2)17-13(16)12-11(15-9(3)18-12)10-6-4-5-7-14-10;1-2/h4-9,15H,1-3H3;1-2H3. The van der Waals surface area contributed by atoms with Crippen molar-refractivity contribution in [3.63, 3.8) is 0 Å². The van der Waals surface area contributed by atoms with Crippen molar-refractivity contribution in [3.8, 4) is 0 Å². The lowest BCUT2D eigenvalue weighted by Gasteiger charge is -2.09. The Labute approximate surface area is 125 Å². The van der Waals surface area contributed by atoms with Crippen LogP contribution < -0.4 is 5.32 Å². The summed E-state index contributed by atoms with van der Waals surface area (Å²) in [6.45, 7) is 9.69. The first-order chi connectivity index (χ1) is 9.58. The Morgan fingerprint density at radius 2 is 2.10 bits per heavy atom. The Balaban J connectivity index is 0.000000956. The maximum absolute atomic E-state index is 12.0. The van der Waals surface area contributed by atoms with Gasteiger partial charge >= 0.3 is 5.97 Å². The highest BCUT2D eigenvalue weighted by atomic mass is 32.2. The van der Waals surface area contributed by atoms with Crippen LogP contribution in [0.2, 0.25) is 0 Å². The fourth-order valence-corrected chi connectivity index (χ4v) is 2.61. The second-order valence-corrected chi connectivity index (χ2v) is 5.63. The summed E-state index contributed by atoms with van der Waals surface area (Å²) in [4.78, 5) is 16.9. The van der Waals surface area contributed by atoms with Crippen molar-refractivity contribution in [1.82, 2.24) is 10.3 Å². The number of carbonyl (C=O) groups is 1. The maximum Gasteiger partial charge on any atom is 0.347 e. The molecule has 1 aromatic heterocycles. The summed E-state index contributed by atoms with van der Waals surface area (Å²) in [5.41, 5.74) is 1.53. The Kier molecular flexibility index (Phi) is 6.58. The first-order valence-corrected chi connectivity index (χ1v) is 7.75. The quantitative estimate of drug-likeness (QED) is 0.866. The van der Waals surface area contributed by atoms with Crippen LogP contribution in [0.4, 0.5) is 0 Å². The fourth-order valence-electron chi connectivity index (χ4n) is 1.65. The molecule has 1 aliphatic rings. The summed E-state index contributed by atoms with van der Waals surface area (Å²) in [5.74, 6) is -0.285. The molecule has 0 saturated heterocycles. The number of hydrogen-bond donors (Lipinski definition) is 1. The second kappa shape index (κ2) is 7.94. The summed E-state index contributed by atoms with van der Waals surface area (Å²) < 4.78 is 5.25. The monoisotopic (exact) mass is 294 g/mol. The van der Waals surface area contributed by atoms with Gasteiger partial charge in [0.05, 0.1) is 22.9 Å². The molecule has 0 fully saturated rings. The molecule has 0 aromatic carbocycles. The highest BCUT2D eigenvalue weighted by Crippen LogP contribution is 2.35. The van der Waals surface area contributed by atoms with E-state index in [1.165, 1.54) is 11.8 Å². The zero-order valence-electron chi connectivity index (χ0n) is 12.6. The summed E-state index contributed by atoms with van der Waals surface area (Å²) in [6.07, 6.45) is 1.59. The molecule has 20 heavy (non-hydrogen) atoms. The van der Waals surface area contributed by atoms with Gasteiger partial charge in [-0.2, -0.15) is 0 Å². The van der Waals surface area contributed by atoms with E-state index in [0.29, 0.717) is 4.91 Å². The predicted octanol–water partition coefficient (Wildman–Crippen LogP) is 3.41. The van der Waals surface area contributed by atoms with Crippen LogP contribution in [0, 0.1) is 0 Å². The number of hydrogen-bond acceptors (Lipinski definition) is 5. The SMILES string of the molecule is CC.CC(C)OC(=O)C1=C(c2ccccn2)NC(C)S1. The number of ether oxygens (including phenoxy) is 1. The van der Waals surface area contributed by atoms with Gasteiger partial charge in [-0.25, -0.2) is 4.79 Å². The summed E-state index contributed by atoms with van der Waals surface area (Å²) in [5, 5.41) is 3.40. The van der Waals surface area contributed by atoms with Crippen LogP contribution in [0.15, 0.2) is 29.3 Å². The molecule has 0 saturated carbocycles. The molecule has 0 amide bonds. The third-order valence-electron chi connectivity index (χ3n) is 2.32. The van der Waals surface area contributed by atoms with E-state index in [-0.39, 0.29) is 17.4 Å². The average Bonchev–Trinajstić information content (AvgIpc) is 2.83. The molecule has 4 nitrogen and oxygen atoms in total. The zero-order chi connectivity index (χ0) is 15.1. The highest BCUT2D eigenvalue weighted by molar-refractivity contribution is 8.05. The van der Waals surface area contributed by atoms with Crippen molar-refractivity contribution < 1.29 is 9.53 Å². The first kappa shape index (κ1) is 16.6. The molecular formula is C15H22N2O2S. The largest absolute Gasteiger partial charge is 0.459 e. The summed E-state index contributed by atoms with van der Waals surface area (Å²) >= 11 is 1.47. The minimum Gasteiger partial charge on any atom is -0.459 e. The molecule has 110 valence electrons. The van der Waals surface area contributed by atoms with Gasteiger partial charge in [-0.05, 0) is 32.9 Å². The molecule has 1 N–H and O–H groups in total. The molecular weight excluding hydrogens is 272 g/mol. The number of rotatable bonds is 3. The summed E-state index contributed by atoms with van der Waals surface area (Å²) in [7, 11) is 0. The normalized spacial score (nSPS) is 17.4. The number of esters is 1. The molecule has 1 aliphatic heterocycles. The van der Waals surface area contributed by atoms with Gasteiger partial charge in [-0.3, -0.25) is 4.98 Å². The second-order valence-electron chi connectivity index (χ2n) is 4.28. The van der Waals surface area contributed by atoms with E-state index in [1.54, 1.807) is 6.20 Å². The first-order valence-electron chi connectivity index (χ1n) is 6.87. The number of pyridine rings is 1. The molecule has 0 bridgehead atoms. The number of nitrogens with zero attached hydrogens (tertiary/aromatic N) is 1. The van der Waals surface area contributed by atoms with Crippen LogP contribution in [0.3, 0.4) is 0 Å². The lowest BCUT2D eigenvalue weighted by atomic mass is 10.2. The van der Waals surface area contributed by atoms with E-state index >= 15 is 0 Å². The minimum atomic E-state index is -0.285. The Morgan fingerprint density at radius 1 is 1.40 bits per heavy atom. The number of nitrogens with one attached hydrogen (secondary N) is 1. The topological polar surface area (TPSA) is 51.2 Å². The Hall–Kier alpha value is -1.49. The van der Waals surface area contributed by atoms with Crippen LogP contribution in [0.1, 0.15) is 40.3 Å². The van der Waals surface area contributed by atoms with Crippen molar-refractivity contribution in [2.45, 2.75) is 46.1 Å². The van der Waals surface area contributed by atoms with Crippen molar-refractivity contribution in [1.29, 1.82) is 0 Å². The highest BCUT2D eigenvalue weighted by Gasteiger charge is 2.29. The van der Waals surface area contributed by atoms with Gasteiger partial charge in [0, 0.05) is 6.20 Å². The third-order valence-corrected chi connectivity index (χ3v) is 3.40. The Bertz CT molecular complexity index is 472. The van der Waals surface area contributed by atoms with E-state index in [0.717, 1.165) is 11.4 Å². The van der Waals surface area contributed by atoms with E-state index in [4.69, 9.17) is 4.74 Å². The zero-order valence-corrected chi connectivity index (χ0v) is 13.5. The summed E-state index contributed by atoms with van der Waals surface area (Å²) in [6, 6.07) is 5.63. The van der Waals surface area contributed by atoms with Crippen molar-refractivity contribution in [3.05, 3.63) is 35.0 Å². The van der Waals surface area contributed by atoms with Gasteiger partial charge in [0.2, 0.25) is 0 Å². The third kappa shape index (κ3) is 4.27. The number of carbonyl (C=O) groups excluding carboxylic acids is 1. The van der Waals surface area contributed by atoms with Crippen LogP contribution in [0.25, 0.3) is 5.70 Å². The van der Waals surface area contributed by atoms with E-state index < -0.39 is 0 Å². The lowest BCUT2D eigenvalue weighted by Crippen LogP contribution is -2.16. The number of aromatic nitrogens is 1. The van der Waals surface area contributed by atoms with Crippen LogP contribution in [0.5, 0.6) is 0 Å². The molecule has 0 spiro atoms. The van der Waals surface area contributed by atoms with Gasteiger partial charge in [-0.1, -0.05) is 31.7 Å². The molecule has 0 radical (unpaired) electrons. The molecule has 1 atom stereocenters. The fraction of sp³-hybridized carbons (Fsp3) is 0.467.